The number of nitrogens with two attached hydrogens (primary N) is 1. The van der Waals surface area contributed by atoms with Crippen molar-refractivity contribution >= 4 is 28.6 Å². The Morgan fingerprint density at radius 2 is 1.89 bits per heavy atom. The lowest BCUT2D eigenvalue weighted by atomic mass is 10.1. The number of imidazole rings is 1. The van der Waals surface area contributed by atoms with Crippen LogP contribution in [0.25, 0.3) is 11.0 Å². The fourth-order valence-electron chi connectivity index (χ4n) is 3.08. The van der Waals surface area contributed by atoms with Crippen molar-refractivity contribution in [3.05, 3.63) is 23.2 Å². The predicted molar refractivity (Wildman–Crippen MR) is 73.6 cm³/mol. The van der Waals surface area contributed by atoms with Crippen LogP contribution in [0.5, 0.6) is 0 Å². The van der Waals surface area contributed by atoms with Gasteiger partial charge in [0.25, 0.3) is 0 Å². The van der Waals surface area contributed by atoms with E-state index in [9.17, 15) is 0 Å². The predicted octanol–water partition coefficient (Wildman–Crippen LogP) is 3.63. The summed E-state index contributed by atoms with van der Waals surface area (Å²) in [6.07, 6.45) is 5.34. The van der Waals surface area contributed by atoms with E-state index in [0.717, 1.165) is 27.9 Å². The van der Waals surface area contributed by atoms with Gasteiger partial charge in [-0.2, -0.15) is 0 Å². The number of anilines is 1. The Hall–Kier alpha value is -1.22. The Labute approximate surface area is 111 Å². The highest BCUT2D eigenvalue weighted by Crippen LogP contribution is 2.53. The van der Waals surface area contributed by atoms with Crippen molar-refractivity contribution in [1.82, 2.24) is 9.55 Å². The van der Waals surface area contributed by atoms with Gasteiger partial charge in [-0.25, -0.2) is 4.98 Å². The topological polar surface area (TPSA) is 43.8 Å². The summed E-state index contributed by atoms with van der Waals surface area (Å²) in [4.78, 5) is 4.48. The van der Waals surface area contributed by atoms with Gasteiger partial charge in [-0.3, -0.25) is 0 Å². The molecule has 18 heavy (non-hydrogen) atoms. The first kappa shape index (κ1) is 10.7. The summed E-state index contributed by atoms with van der Waals surface area (Å²) in [5, 5.41) is 0.758. The van der Waals surface area contributed by atoms with Crippen molar-refractivity contribution in [2.45, 2.75) is 31.7 Å². The van der Waals surface area contributed by atoms with E-state index >= 15 is 0 Å². The molecule has 94 valence electrons. The number of aromatic nitrogens is 2. The van der Waals surface area contributed by atoms with E-state index < -0.39 is 0 Å². The minimum absolute atomic E-state index is 0.550. The van der Waals surface area contributed by atoms with Crippen molar-refractivity contribution in [3.8, 4) is 0 Å². The van der Waals surface area contributed by atoms with Gasteiger partial charge in [0, 0.05) is 11.1 Å². The van der Waals surface area contributed by atoms with Crippen LogP contribution in [0, 0.1) is 11.8 Å². The van der Waals surface area contributed by atoms with Gasteiger partial charge in [-0.15, -0.1) is 0 Å². The Morgan fingerprint density at radius 3 is 2.50 bits per heavy atom. The van der Waals surface area contributed by atoms with E-state index in [-0.39, 0.29) is 0 Å². The number of halogens is 1. The number of fused-ring (bicyclic) bond motifs is 1. The average molecular weight is 262 g/mol. The number of nitrogen functional groups attached to an aromatic ring is 1. The molecule has 0 radical (unpaired) electrons. The molecule has 2 fully saturated rings. The second-order valence-electron chi connectivity index (χ2n) is 5.64. The third kappa shape index (κ3) is 1.61. The Morgan fingerprint density at radius 1 is 1.22 bits per heavy atom. The van der Waals surface area contributed by atoms with Gasteiger partial charge in [0.05, 0.1) is 11.0 Å². The van der Waals surface area contributed by atoms with E-state index in [1.54, 1.807) is 0 Å². The molecule has 1 aromatic heterocycles. The molecule has 4 heteroatoms. The summed E-state index contributed by atoms with van der Waals surface area (Å²) in [5.41, 5.74) is 8.21. The van der Waals surface area contributed by atoms with Crippen molar-refractivity contribution in [3.63, 3.8) is 0 Å². The third-order valence-corrected chi connectivity index (χ3v) is 4.42. The molecule has 0 saturated heterocycles. The molecular weight excluding hydrogens is 246 g/mol. The van der Waals surface area contributed by atoms with E-state index in [1.807, 2.05) is 18.2 Å². The van der Waals surface area contributed by atoms with E-state index in [4.69, 9.17) is 17.3 Å². The molecule has 1 heterocycles. The quantitative estimate of drug-likeness (QED) is 0.917. The van der Waals surface area contributed by atoms with Gasteiger partial charge < -0.3 is 10.3 Å². The maximum atomic E-state index is 6.14. The second kappa shape index (κ2) is 3.64. The number of hydrogen-bond acceptors (Lipinski definition) is 2. The van der Waals surface area contributed by atoms with E-state index in [0.29, 0.717) is 12.0 Å². The summed E-state index contributed by atoms with van der Waals surface area (Å²) < 4.78 is 2.25. The van der Waals surface area contributed by atoms with Crippen LogP contribution in [0.1, 0.15) is 31.7 Å². The van der Waals surface area contributed by atoms with E-state index in [1.165, 1.54) is 25.7 Å². The first-order valence-corrected chi connectivity index (χ1v) is 7.05. The molecule has 2 saturated carbocycles. The standard InChI is InChI=1S/C14H16ClN3/c15-10-5-6-11-12(7-10)18(14(16)17-11)13(8-1-2-8)9-3-4-9/h5-9,13H,1-4H2,(H2,16,17). The van der Waals surface area contributed by atoms with Gasteiger partial charge in [-0.1, -0.05) is 11.6 Å². The third-order valence-electron chi connectivity index (χ3n) is 4.19. The molecule has 3 nitrogen and oxygen atoms in total. The fourth-order valence-corrected chi connectivity index (χ4v) is 3.25. The van der Waals surface area contributed by atoms with Gasteiger partial charge in [0.15, 0.2) is 0 Å². The Bertz CT molecular complexity index is 599. The summed E-state index contributed by atoms with van der Waals surface area (Å²) in [6, 6.07) is 6.39. The zero-order valence-electron chi connectivity index (χ0n) is 10.1. The zero-order valence-corrected chi connectivity index (χ0v) is 10.9. The minimum Gasteiger partial charge on any atom is -0.369 e. The summed E-state index contributed by atoms with van der Waals surface area (Å²) in [6.45, 7) is 0. The first-order valence-electron chi connectivity index (χ1n) is 6.67. The smallest absolute Gasteiger partial charge is 0.201 e. The monoisotopic (exact) mass is 261 g/mol. The summed E-state index contributed by atoms with van der Waals surface area (Å²) in [7, 11) is 0. The van der Waals surface area contributed by atoms with Gasteiger partial charge in [-0.05, 0) is 55.7 Å². The molecule has 0 bridgehead atoms. The Balaban J connectivity index is 1.91. The largest absolute Gasteiger partial charge is 0.369 e. The van der Waals surface area contributed by atoms with Crippen LogP contribution in [0.2, 0.25) is 5.02 Å². The normalized spacial score (nSPS) is 19.9. The number of benzene rings is 1. The highest BCUT2D eigenvalue weighted by molar-refractivity contribution is 6.31. The van der Waals surface area contributed by atoms with Crippen LogP contribution in [-0.2, 0) is 0 Å². The number of nitrogens with zero attached hydrogens (tertiary/aromatic N) is 2. The molecule has 0 amide bonds. The fraction of sp³-hybridized carbons (Fsp3) is 0.500. The molecule has 0 spiro atoms. The Kier molecular flexibility index (Phi) is 2.16. The molecule has 2 aromatic rings. The molecule has 2 aliphatic carbocycles. The van der Waals surface area contributed by atoms with Crippen molar-refractivity contribution in [2.75, 3.05) is 5.73 Å². The highest BCUT2D eigenvalue weighted by atomic mass is 35.5. The van der Waals surface area contributed by atoms with Gasteiger partial charge in [0.2, 0.25) is 5.95 Å². The minimum atomic E-state index is 0.550. The molecule has 4 rings (SSSR count). The lowest BCUT2D eigenvalue weighted by Gasteiger charge is -2.20. The SMILES string of the molecule is Nc1nc2ccc(Cl)cc2n1C(C1CC1)C1CC1. The lowest BCUT2D eigenvalue weighted by Crippen LogP contribution is -2.15. The molecular formula is C14H16ClN3. The number of rotatable bonds is 3. The molecule has 2 N–H and O–H groups in total. The maximum absolute atomic E-state index is 6.14. The van der Waals surface area contributed by atoms with Crippen LogP contribution >= 0.6 is 11.6 Å². The van der Waals surface area contributed by atoms with E-state index in [2.05, 4.69) is 9.55 Å². The van der Waals surface area contributed by atoms with Crippen LogP contribution in [0.3, 0.4) is 0 Å². The average Bonchev–Trinajstić information content (AvgIpc) is 3.22. The highest BCUT2D eigenvalue weighted by Gasteiger charge is 2.43. The number of hydrogen-bond donors (Lipinski definition) is 1. The van der Waals surface area contributed by atoms with Crippen LogP contribution in [0.4, 0.5) is 5.95 Å². The van der Waals surface area contributed by atoms with Gasteiger partial charge >= 0.3 is 0 Å². The molecule has 0 aliphatic heterocycles. The van der Waals surface area contributed by atoms with Crippen molar-refractivity contribution in [2.24, 2.45) is 11.8 Å². The molecule has 0 atom stereocenters. The van der Waals surface area contributed by atoms with Crippen LogP contribution in [0.15, 0.2) is 18.2 Å². The van der Waals surface area contributed by atoms with Crippen molar-refractivity contribution in [1.29, 1.82) is 0 Å². The lowest BCUT2D eigenvalue weighted by molar-refractivity contribution is 0.409. The zero-order chi connectivity index (χ0) is 12.3. The molecule has 1 aromatic carbocycles. The van der Waals surface area contributed by atoms with Crippen LogP contribution in [-0.4, -0.2) is 9.55 Å². The summed E-state index contributed by atoms with van der Waals surface area (Å²) >= 11 is 6.11. The first-order chi connectivity index (χ1) is 8.74. The van der Waals surface area contributed by atoms with Crippen LogP contribution < -0.4 is 5.73 Å². The van der Waals surface area contributed by atoms with Gasteiger partial charge in [0.1, 0.15) is 0 Å². The van der Waals surface area contributed by atoms with Crippen molar-refractivity contribution < 1.29 is 0 Å². The second-order valence-corrected chi connectivity index (χ2v) is 6.07. The maximum Gasteiger partial charge on any atom is 0.201 e. The summed E-state index contributed by atoms with van der Waals surface area (Å²) in [5.74, 6) is 2.25. The molecule has 0 unspecified atom stereocenters. The molecule has 2 aliphatic rings.